The van der Waals surface area contributed by atoms with Crippen molar-refractivity contribution in [2.45, 2.75) is 35.7 Å². The number of hydrogen-bond donors (Lipinski definition) is 0. The van der Waals surface area contributed by atoms with Crippen molar-refractivity contribution < 1.29 is 9.53 Å². The van der Waals surface area contributed by atoms with Gasteiger partial charge in [-0.1, -0.05) is 22.6 Å². The number of halogens is 1. The summed E-state index contributed by atoms with van der Waals surface area (Å²) in [6.07, 6.45) is 5.25. The predicted octanol–water partition coefficient (Wildman–Crippen LogP) is 1.95. The maximum Gasteiger partial charge on any atom is 0.120 e. The summed E-state index contributed by atoms with van der Waals surface area (Å²) in [5, 5.41) is 0. The Kier molecular flexibility index (Phi) is 4.37. The fourth-order valence-corrected chi connectivity index (χ4v) is 1.82. The molecule has 0 bridgehead atoms. The van der Waals surface area contributed by atoms with Crippen molar-refractivity contribution in [1.82, 2.24) is 0 Å². The summed E-state index contributed by atoms with van der Waals surface area (Å²) >= 11 is 2.41. The molecule has 2 atom stereocenters. The van der Waals surface area contributed by atoms with Crippen molar-refractivity contribution in [3.05, 3.63) is 0 Å². The molecule has 3 heteroatoms. The molecule has 1 fully saturated rings. The molecule has 0 aromatic heterocycles. The van der Waals surface area contributed by atoms with Gasteiger partial charge in [0.2, 0.25) is 0 Å². The molecule has 1 aliphatic rings. The van der Waals surface area contributed by atoms with Gasteiger partial charge in [0.15, 0.2) is 0 Å². The van der Waals surface area contributed by atoms with Crippen molar-refractivity contribution >= 4 is 28.9 Å². The first kappa shape index (κ1) is 9.45. The third kappa shape index (κ3) is 3.51. The van der Waals surface area contributed by atoms with Gasteiger partial charge in [0.1, 0.15) is 6.29 Å². The van der Waals surface area contributed by atoms with Crippen LogP contribution in [0.15, 0.2) is 0 Å². The van der Waals surface area contributed by atoms with E-state index in [1.165, 1.54) is 6.42 Å². The van der Waals surface area contributed by atoms with E-state index in [0.717, 1.165) is 25.7 Å². The molecule has 0 N–H and O–H groups in total. The van der Waals surface area contributed by atoms with Crippen LogP contribution in [0.25, 0.3) is 0 Å². The molecule has 0 spiro atoms. The summed E-state index contributed by atoms with van der Waals surface area (Å²) < 4.78 is 6.21. The number of alkyl halides is 1. The highest BCUT2D eigenvalue weighted by molar-refractivity contribution is 14.1. The van der Waals surface area contributed by atoms with E-state index >= 15 is 0 Å². The van der Waals surface area contributed by atoms with E-state index in [2.05, 4.69) is 22.6 Å². The Hall–Kier alpha value is 0.360. The number of aldehydes is 1. The average Bonchev–Trinajstić information content (AvgIpc) is 2.04. The minimum atomic E-state index is 0.353. The van der Waals surface area contributed by atoms with Crippen LogP contribution in [0, 0.1) is 0 Å². The van der Waals surface area contributed by atoms with Gasteiger partial charge in [0, 0.05) is 10.3 Å². The molecular weight excluding hydrogens is 255 g/mol. The summed E-state index contributed by atoms with van der Waals surface area (Å²) in [7, 11) is 0. The molecule has 0 saturated carbocycles. The molecule has 0 amide bonds. The van der Waals surface area contributed by atoms with Crippen LogP contribution in [0.4, 0.5) is 0 Å². The highest BCUT2D eigenvalue weighted by atomic mass is 127. The van der Waals surface area contributed by atoms with Gasteiger partial charge in [0.05, 0.1) is 12.7 Å². The number of rotatable bonds is 3. The van der Waals surface area contributed by atoms with Gasteiger partial charge in [-0.25, -0.2) is 0 Å². The van der Waals surface area contributed by atoms with Gasteiger partial charge in [-0.15, -0.1) is 0 Å². The summed E-state index contributed by atoms with van der Waals surface area (Å²) in [5.41, 5.74) is 0. The van der Waals surface area contributed by atoms with Crippen molar-refractivity contribution in [2.75, 3.05) is 6.61 Å². The van der Waals surface area contributed by atoms with E-state index in [1.807, 2.05) is 0 Å². The molecule has 0 aromatic carbocycles. The predicted molar refractivity (Wildman–Crippen MR) is 52.1 cm³/mol. The van der Waals surface area contributed by atoms with Crippen LogP contribution in [0.2, 0.25) is 0 Å². The van der Waals surface area contributed by atoms with Gasteiger partial charge >= 0.3 is 0 Å². The Morgan fingerprint density at radius 3 is 2.91 bits per heavy atom. The van der Waals surface area contributed by atoms with Gasteiger partial charge in [-0.2, -0.15) is 0 Å². The molecule has 0 aromatic rings. The molecule has 0 radical (unpaired) electrons. The fraction of sp³-hybridized carbons (Fsp3) is 0.875. The van der Waals surface area contributed by atoms with Crippen LogP contribution < -0.4 is 0 Å². The first-order chi connectivity index (χ1) is 5.33. The van der Waals surface area contributed by atoms with Crippen molar-refractivity contribution in [3.63, 3.8) is 0 Å². The number of ether oxygens (including phenoxy) is 1. The zero-order valence-corrected chi connectivity index (χ0v) is 8.62. The second kappa shape index (κ2) is 5.09. The topological polar surface area (TPSA) is 26.3 Å². The molecule has 11 heavy (non-hydrogen) atoms. The van der Waals surface area contributed by atoms with Crippen molar-refractivity contribution in [1.29, 1.82) is 0 Å². The Morgan fingerprint density at radius 1 is 1.55 bits per heavy atom. The Morgan fingerprint density at radius 2 is 2.36 bits per heavy atom. The lowest BCUT2D eigenvalue weighted by molar-refractivity contribution is -0.108. The molecule has 1 saturated heterocycles. The maximum atomic E-state index is 10.1. The second-order valence-electron chi connectivity index (χ2n) is 2.87. The van der Waals surface area contributed by atoms with Crippen LogP contribution in [0.5, 0.6) is 0 Å². The minimum Gasteiger partial charge on any atom is -0.377 e. The van der Waals surface area contributed by atoms with Crippen molar-refractivity contribution in [3.8, 4) is 0 Å². The van der Waals surface area contributed by atoms with Crippen LogP contribution in [-0.4, -0.2) is 22.9 Å². The van der Waals surface area contributed by atoms with Crippen LogP contribution in [0.3, 0.4) is 0 Å². The van der Waals surface area contributed by atoms with Crippen LogP contribution in [-0.2, 0) is 9.53 Å². The van der Waals surface area contributed by atoms with Gasteiger partial charge < -0.3 is 9.53 Å². The second-order valence-corrected chi connectivity index (χ2v) is 4.64. The summed E-state index contributed by atoms with van der Waals surface area (Å²) in [6.45, 7) is 0.865. The molecule has 1 rings (SSSR count). The first-order valence-electron chi connectivity index (χ1n) is 4.02. The normalized spacial score (nSPS) is 31.7. The highest BCUT2D eigenvalue weighted by Gasteiger charge is 2.18. The lowest BCUT2D eigenvalue weighted by atomic mass is 10.1. The van der Waals surface area contributed by atoms with Crippen molar-refractivity contribution in [2.24, 2.45) is 0 Å². The highest BCUT2D eigenvalue weighted by Crippen LogP contribution is 2.21. The van der Waals surface area contributed by atoms with E-state index in [-0.39, 0.29) is 0 Å². The minimum absolute atomic E-state index is 0.353. The molecule has 64 valence electrons. The zero-order chi connectivity index (χ0) is 8.10. The fourth-order valence-electron chi connectivity index (χ4n) is 1.26. The molecular formula is C8H13IO2. The van der Waals surface area contributed by atoms with Gasteiger partial charge in [-0.05, 0) is 19.3 Å². The molecule has 2 unspecified atom stereocenters. The van der Waals surface area contributed by atoms with E-state index in [0.29, 0.717) is 16.4 Å². The van der Waals surface area contributed by atoms with E-state index in [9.17, 15) is 4.79 Å². The van der Waals surface area contributed by atoms with Gasteiger partial charge in [0.25, 0.3) is 0 Å². The monoisotopic (exact) mass is 268 g/mol. The molecule has 1 heterocycles. The Balaban J connectivity index is 2.12. The number of carbonyl (C=O) groups is 1. The largest absolute Gasteiger partial charge is 0.377 e. The number of carbonyl (C=O) groups excluding carboxylic acids is 1. The molecule has 1 aliphatic heterocycles. The Labute approximate surface area is 80.8 Å². The third-order valence-corrected chi connectivity index (χ3v) is 2.90. The Bertz CT molecular complexity index is 119. The smallest absolute Gasteiger partial charge is 0.120 e. The van der Waals surface area contributed by atoms with E-state index < -0.39 is 0 Å². The average molecular weight is 268 g/mol. The maximum absolute atomic E-state index is 10.1. The van der Waals surface area contributed by atoms with E-state index in [4.69, 9.17) is 4.74 Å². The number of hydrogen-bond acceptors (Lipinski definition) is 2. The quantitative estimate of drug-likeness (QED) is 0.444. The van der Waals surface area contributed by atoms with E-state index in [1.54, 1.807) is 0 Å². The first-order valence-corrected chi connectivity index (χ1v) is 5.27. The standard InChI is InChI=1S/C8H13IO2/c9-7-3-4-8(11-6-7)2-1-5-10/h5,7-8H,1-4,6H2. The lowest BCUT2D eigenvalue weighted by Crippen LogP contribution is -2.25. The zero-order valence-electron chi connectivity index (χ0n) is 6.46. The summed E-state index contributed by atoms with van der Waals surface area (Å²) in [5.74, 6) is 0. The van der Waals surface area contributed by atoms with Crippen LogP contribution >= 0.6 is 22.6 Å². The SMILES string of the molecule is O=CCCC1CCC(I)CO1. The lowest BCUT2D eigenvalue weighted by Gasteiger charge is -2.25. The summed E-state index contributed by atoms with van der Waals surface area (Å²) in [6, 6.07) is 0. The molecule has 2 nitrogen and oxygen atoms in total. The van der Waals surface area contributed by atoms with Gasteiger partial charge in [-0.3, -0.25) is 0 Å². The molecule has 0 aliphatic carbocycles. The summed E-state index contributed by atoms with van der Waals surface area (Å²) in [4.78, 5) is 10.1. The third-order valence-electron chi connectivity index (χ3n) is 1.92. The van der Waals surface area contributed by atoms with Crippen LogP contribution in [0.1, 0.15) is 25.7 Å².